The molecule has 182 valence electrons. The predicted octanol–water partition coefficient (Wildman–Crippen LogP) is 4.21. The Kier molecular flexibility index (Phi) is 7.26. The van der Waals surface area contributed by atoms with E-state index >= 15 is 0 Å². The molecule has 2 aromatic rings. The van der Waals surface area contributed by atoms with E-state index in [0.717, 1.165) is 31.8 Å². The molecular weight excluding hydrogens is 443 g/mol. The van der Waals surface area contributed by atoms with E-state index in [9.17, 15) is 22.8 Å². The molecule has 2 amide bonds. The molecule has 0 aliphatic carbocycles. The van der Waals surface area contributed by atoms with Gasteiger partial charge in [-0.1, -0.05) is 24.3 Å². The van der Waals surface area contributed by atoms with Crippen molar-refractivity contribution in [1.82, 2.24) is 14.7 Å². The van der Waals surface area contributed by atoms with Crippen LogP contribution >= 0.6 is 0 Å². The molecule has 2 aliphatic rings. The Labute approximate surface area is 198 Å². The Balaban J connectivity index is 1.24. The molecule has 0 spiro atoms. The fourth-order valence-electron chi connectivity index (χ4n) is 4.73. The minimum Gasteiger partial charge on any atom is -0.340 e. The molecule has 0 N–H and O–H groups in total. The van der Waals surface area contributed by atoms with Gasteiger partial charge in [0.05, 0.1) is 5.56 Å². The van der Waals surface area contributed by atoms with Gasteiger partial charge in [0, 0.05) is 57.3 Å². The first kappa shape index (κ1) is 24.3. The standard InChI is InChI=1S/C26H30F3N3O2/c1-19-4-2-3-5-22(19)18-30-14-16-32(17-15-30)25(34)21-10-12-31(13-11-21)24(33)20-6-8-23(9-7-20)26(27,28)29/h2-9,21H,10-18H2,1H3. The summed E-state index contributed by atoms with van der Waals surface area (Å²) in [7, 11) is 0. The normalized spacial score (nSPS) is 18.2. The van der Waals surface area contributed by atoms with Crippen LogP contribution in [0.5, 0.6) is 0 Å². The first-order valence-electron chi connectivity index (χ1n) is 11.7. The zero-order valence-electron chi connectivity index (χ0n) is 19.4. The van der Waals surface area contributed by atoms with Gasteiger partial charge in [0.2, 0.25) is 5.91 Å². The highest BCUT2D eigenvalue weighted by Gasteiger charge is 2.33. The van der Waals surface area contributed by atoms with E-state index in [2.05, 4.69) is 30.0 Å². The van der Waals surface area contributed by atoms with Crippen molar-refractivity contribution in [3.8, 4) is 0 Å². The lowest BCUT2D eigenvalue weighted by atomic mass is 9.94. The van der Waals surface area contributed by atoms with Crippen molar-refractivity contribution >= 4 is 11.8 Å². The number of rotatable bonds is 4. The second-order valence-electron chi connectivity index (χ2n) is 9.17. The molecule has 0 aromatic heterocycles. The topological polar surface area (TPSA) is 43.9 Å². The van der Waals surface area contributed by atoms with E-state index in [1.807, 2.05) is 11.0 Å². The minimum atomic E-state index is -4.42. The highest BCUT2D eigenvalue weighted by Crippen LogP contribution is 2.29. The number of carbonyl (C=O) groups is 2. The summed E-state index contributed by atoms with van der Waals surface area (Å²) in [4.78, 5) is 31.7. The lowest BCUT2D eigenvalue weighted by Gasteiger charge is -2.38. The van der Waals surface area contributed by atoms with Crippen LogP contribution in [-0.2, 0) is 17.5 Å². The van der Waals surface area contributed by atoms with E-state index in [1.54, 1.807) is 4.90 Å². The first-order valence-corrected chi connectivity index (χ1v) is 11.7. The van der Waals surface area contributed by atoms with Gasteiger partial charge in [-0.05, 0) is 55.2 Å². The van der Waals surface area contributed by atoms with Crippen molar-refractivity contribution in [2.45, 2.75) is 32.5 Å². The Morgan fingerprint density at radius 2 is 1.47 bits per heavy atom. The molecule has 0 saturated carbocycles. The van der Waals surface area contributed by atoms with Crippen LogP contribution in [0.4, 0.5) is 13.2 Å². The molecule has 2 fully saturated rings. The van der Waals surface area contributed by atoms with Crippen LogP contribution in [0.25, 0.3) is 0 Å². The molecule has 2 aromatic carbocycles. The number of piperidine rings is 1. The van der Waals surface area contributed by atoms with Crippen molar-refractivity contribution in [3.05, 3.63) is 70.8 Å². The number of likely N-dealkylation sites (tertiary alicyclic amines) is 1. The zero-order chi connectivity index (χ0) is 24.3. The van der Waals surface area contributed by atoms with Crippen LogP contribution in [0.15, 0.2) is 48.5 Å². The smallest absolute Gasteiger partial charge is 0.340 e. The van der Waals surface area contributed by atoms with E-state index < -0.39 is 11.7 Å². The monoisotopic (exact) mass is 473 g/mol. The van der Waals surface area contributed by atoms with Gasteiger partial charge in [-0.3, -0.25) is 14.5 Å². The number of benzene rings is 2. The van der Waals surface area contributed by atoms with Crippen LogP contribution in [0, 0.1) is 12.8 Å². The summed E-state index contributed by atoms with van der Waals surface area (Å²) < 4.78 is 38.2. The Hall–Kier alpha value is -2.87. The van der Waals surface area contributed by atoms with Gasteiger partial charge < -0.3 is 9.80 Å². The highest BCUT2D eigenvalue weighted by atomic mass is 19.4. The van der Waals surface area contributed by atoms with E-state index in [0.29, 0.717) is 39.0 Å². The quantitative estimate of drug-likeness (QED) is 0.668. The molecule has 2 saturated heterocycles. The second-order valence-corrected chi connectivity index (χ2v) is 9.17. The Morgan fingerprint density at radius 3 is 2.06 bits per heavy atom. The number of alkyl halides is 3. The SMILES string of the molecule is Cc1ccccc1CN1CCN(C(=O)C2CCN(C(=O)c3ccc(C(F)(F)F)cc3)CC2)CC1. The number of hydrogen-bond acceptors (Lipinski definition) is 3. The van der Waals surface area contributed by atoms with Gasteiger partial charge in [-0.15, -0.1) is 0 Å². The molecule has 0 bridgehead atoms. The van der Waals surface area contributed by atoms with Gasteiger partial charge >= 0.3 is 6.18 Å². The highest BCUT2D eigenvalue weighted by molar-refractivity contribution is 5.94. The van der Waals surface area contributed by atoms with Crippen molar-refractivity contribution in [2.75, 3.05) is 39.3 Å². The fourth-order valence-corrected chi connectivity index (χ4v) is 4.73. The van der Waals surface area contributed by atoms with Crippen molar-refractivity contribution in [1.29, 1.82) is 0 Å². The maximum Gasteiger partial charge on any atom is 0.416 e. The summed E-state index contributed by atoms with van der Waals surface area (Å²) in [5, 5.41) is 0. The average molecular weight is 474 g/mol. The summed E-state index contributed by atoms with van der Waals surface area (Å²) >= 11 is 0. The summed E-state index contributed by atoms with van der Waals surface area (Å²) in [5.74, 6) is -0.249. The number of hydrogen-bond donors (Lipinski definition) is 0. The molecule has 2 heterocycles. The zero-order valence-corrected chi connectivity index (χ0v) is 19.4. The van der Waals surface area contributed by atoms with Gasteiger partial charge in [-0.25, -0.2) is 0 Å². The van der Waals surface area contributed by atoms with Crippen LogP contribution in [0.3, 0.4) is 0 Å². The molecule has 4 rings (SSSR count). The first-order chi connectivity index (χ1) is 16.2. The van der Waals surface area contributed by atoms with E-state index in [-0.39, 0.29) is 23.3 Å². The maximum atomic E-state index is 13.0. The van der Waals surface area contributed by atoms with Crippen LogP contribution in [-0.4, -0.2) is 65.8 Å². The van der Waals surface area contributed by atoms with E-state index in [1.165, 1.54) is 23.3 Å². The van der Waals surface area contributed by atoms with Gasteiger partial charge in [0.1, 0.15) is 0 Å². The lowest BCUT2D eigenvalue weighted by Crippen LogP contribution is -2.51. The third kappa shape index (κ3) is 5.60. The number of halogens is 3. The lowest BCUT2D eigenvalue weighted by molar-refractivity contribution is -0.139. The molecule has 0 atom stereocenters. The van der Waals surface area contributed by atoms with Crippen molar-refractivity contribution < 1.29 is 22.8 Å². The number of aryl methyl sites for hydroxylation is 1. The van der Waals surface area contributed by atoms with E-state index in [4.69, 9.17) is 0 Å². The predicted molar refractivity (Wildman–Crippen MR) is 123 cm³/mol. The number of nitrogens with zero attached hydrogens (tertiary/aromatic N) is 3. The fraction of sp³-hybridized carbons (Fsp3) is 0.462. The van der Waals surface area contributed by atoms with Crippen LogP contribution in [0.1, 0.15) is 39.9 Å². The second kappa shape index (κ2) is 10.2. The summed E-state index contributed by atoms with van der Waals surface area (Å²) in [5.41, 5.74) is 2.06. The number of amides is 2. The molecule has 2 aliphatic heterocycles. The van der Waals surface area contributed by atoms with Crippen LogP contribution in [0.2, 0.25) is 0 Å². The van der Waals surface area contributed by atoms with Gasteiger partial charge in [0.25, 0.3) is 5.91 Å². The molecule has 34 heavy (non-hydrogen) atoms. The number of carbonyl (C=O) groups excluding carboxylic acids is 2. The van der Waals surface area contributed by atoms with Crippen molar-refractivity contribution in [3.63, 3.8) is 0 Å². The minimum absolute atomic E-state index is 0.112. The largest absolute Gasteiger partial charge is 0.416 e. The van der Waals surface area contributed by atoms with Crippen LogP contribution < -0.4 is 0 Å². The molecule has 0 radical (unpaired) electrons. The summed E-state index contributed by atoms with van der Waals surface area (Å²) in [6.45, 7) is 6.96. The molecular formula is C26H30F3N3O2. The molecule has 0 unspecified atom stereocenters. The number of piperazine rings is 1. The third-order valence-corrected chi connectivity index (χ3v) is 6.93. The third-order valence-electron chi connectivity index (χ3n) is 6.93. The van der Waals surface area contributed by atoms with Crippen molar-refractivity contribution in [2.24, 2.45) is 5.92 Å². The van der Waals surface area contributed by atoms with Gasteiger partial charge in [0.15, 0.2) is 0 Å². The Morgan fingerprint density at radius 1 is 0.853 bits per heavy atom. The maximum absolute atomic E-state index is 13.0. The average Bonchev–Trinajstić information content (AvgIpc) is 2.85. The molecule has 8 heteroatoms. The summed E-state index contributed by atoms with van der Waals surface area (Å²) in [6.07, 6.45) is -3.27. The molecule has 5 nitrogen and oxygen atoms in total. The Bertz CT molecular complexity index is 1010. The van der Waals surface area contributed by atoms with Gasteiger partial charge in [-0.2, -0.15) is 13.2 Å². The summed E-state index contributed by atoms with van der Waals surface area (Å²) in [6, 6.07) is 12.7.